The van der Waals surface area contributed by atoms with Crippen molar-refractivity contribution in [1.29, 1.82) is 0 Å². The van der Waals surface area contributed by atoms with E-state index in [0.717, 1.165) is 0 Å². The first-order chi connectivity index (χ1) is 12.8. The van der Waals surface area contributed by atoms with Gasteiger partial charge in [0.15, 0.2) is 11.5 Å². The third kappa shape index (κ3) is 4.97. The third-order valence-electron chi connectivity index (χ3n) is 3.64. The van der Waals surface area contributed by atoms with E-state index in [2.05, 4.69) is 5.32 Å². The Balaban J connectivity index is 2.27. The highest BCUT2D eigenvalue weighted by Crippen LogP contribution is 2.34. The third-order valence-corrected chi connectivity index (χ3v) is 3.64. The lowest BCUT2D eigenvalue weighted by molar-refractivity contribution is -0.114. The van der Waals surface area contributed by atoms with Crippen molar-refractivity contribution in [2.24, 2.45) is 5.73 Å². The summed E-state index contributed by atoms with van der Waals surface area (Å²) in [5.41, 5.74) is 6.49. The normalized spacial score (nSPS) is 10.0. The van der Waals surface area contributed by atoms with Crippen molar-refractivity contribution in [2.45, 2.75) is 13.5 Å². The molecule has 0 aromatic heterocycles. The standard InChI is InChI=1S/C19H20N2O6/c1-11(22)21-15-9-17(26-3)16(25-2)8-14(15)19(24)27-10-12-5-4-6-13(7-12)18(20)23/h4-9H,10H2,1-3H3,(H2,20,23)(H,21,22). The lowest BCUT2D eigenvalue weighted by Gasteiger charge is -2.15. The van der Waals surface area contributed by atoms with Crippen molar-refractivity contribution in [3.05, 3.63) is 53.1 Å². The van der Waals surface area contributed by atoms with Crippen LogP contribution in [0.2, 0.25) is 0 Å². The zero-order valence-electron chi connectivity index (χ0n) is 15.2. The number of anilines is 1. The molecule has 0 fully saturated rings. The average Bonchev–Trinajstić information content (AvgIpc) is 2.65. The van der Waals surface area contributed by atoms with E-state index in [1.165, 1.54) is 33.3 Å². The largest absolute Gasteiger partial charge is 0.493 e. The van der Waals surface area contributed by atoms with Crippen LogP contribution in [-0.2, 0) is 16.1 Å². The van der Waals surface area contributed by atoms with Gasteiger partial charge in [-0.3, -0.25) is 9.59 Å². The molecule has 0 atom stereocenters. The summed E-state index contributed by atoms with van der Waals surface area (Å²) in [6, 6.07) is 9.35. The van der Waals surface area contributed by atoms with Gasteiger partial charge < -0.3 is 25.3 Å². The number of methoxy groups -OCH3 is 2. The Morgan fingerprint density at radius 1 is 1.04 bits per heavy atom. The van der Waals surface area contributed by atoms with Gasteiger partial charge in [0.05, 0.1) is 25.5 Å². The number of amides is 2. The molecule has 0 unspecified atom stereocenters. The summed E-state index contributed by atoms with van der Waals surface area (Å²) < 4.78 is 15.7. The summed E-state index contributed by atoms with van der Waals surface area (Å²) in [7, 11) is 2.87. The molecule has 2 amide bonds. The van der Waals surface area contributed by atoms with Crippen LogP contribution in [0.15, 0.2) is 36.4 Å². The second-order valence-electron chi connectivity index (χ2n) is 5.57. The molecule has 0 radical (unpaired) electrons. The highest BCUT2D eigenvalue weighted by Gasteiger charge is 2.19. The van der Waals surface area contributed by atoms with E-state index in [-0.39, 0.29) is 23.8 Å². The molecule has 142 valence electrons. The van der Waals surface area contributed by atoms with Gasteiger partial charge >= 0.3 is 5.97 Å². The van der Waals surface area contributed by atoms with Crippen LogP contribution in [0.5, 0.6) is 11.5 Å². The van der Waals surface area contributed by atoms with Crippen molar-refractivity contribution < 1.29 is 28.6 Å². The Hall–Kier alpha value is -3.55. The van der Waals surface area contributed by atoms with Crippen LogP contribution in [0.4, 0.5) is 5.69 Å². The van der Waals surface area contributed by atoms with Gasteiger partial charge in [-0.2, -0.15) is 0 Å². The van der Waals surface area contributed by atoms with E-state index in [1.807, 2.05) is 0 Å². The molecule has 0 aliphatic heterocycles. The molecule has 0 saturated carbocycles. The second-order valence-corrected chi connectivity index (χ2v) is 5.57. The fourth-order valence-electron chi connectivity index (χ4n) is 2.38. The summed E-state index contributed by atoms with van der Waals surface area (Å²) in [5, 5.41) is 2.57. The maximum Gasteiger partial charge on any atom is 0.340 e. The van der Waals surface area contributed by atoms with Gasteiger partial charge in [0.2, 0.25) is 11.8 Å². The van der Waals surface area contributed by atoms with Gasteiger partial charge in [-0.25, -0.2) is 4.79 Å². The van der Waals surface area contributed by atoms with Crippen molar-refractivity contribution in [2.75, 3.05) is 19.5 Å². The first-order valence-corrected chi connectivity index (χ1v) is 7.95. The highest BCUT2D eigenvalue weighted by atomic mass is 16.5. The number of ether oxygens (including phenoxy) is 3. The molecular weight excluding hydrogens is 352 g/mol. The molecule has 0 saturated heterocycles. The number of nitrogens with two attached hydrogens (primary N) is 1. The fraction of sp³-hybridized carbons (Fsp3) is 0.211. The van der Waals surface area contributed by atoms with Crippen molar-refractivity contribution in [3.63, 3.8) is 0 Å². The van der Waals surface area contributed by atoms with E-state index in [9.17, 15) is 14.4 Å². The minimum absolute atomic E-state index is 0.0756. The van der Waals surface area contributed by atoms with Crippen LogP contribution < -0.4 is 20.5 Å². The van der Waals surface area contributed by atoms with Crippen LogP contribution >= 0.6 is 0 Å². The number of esters is 1. The SMILES string of the molecule is COc1cc(NC(C)=O)c(C(=O)OCc2cccc(C(N)=O)c2)cc1OC. The van der Waals surface area contributed by atoms with Crippen LogP contribution in [-0.4, -0.2) is 32.0 Å². The quantitative estimate of drug-likeness (QED) is 0.719. The lowest BCUT2D eigenvalue weighted by atomic mass is 10.1. The van der Waals surface area contributed by atoms with Crippen LogP contribution in [0.1, 0.15) is 33.2 Å². The Bertz CT molecular complexity index is 878. The molecule has 2 aromatic rings. The molecule has 0 aliphatic rings. The molecule has 3 N–H and O–H groups in total. The molecule has 2 aromatic carbocycles. The first-order valence-electron chi connectivity index (χ1n) is 7.95. The van der Waals surface area contributed by atoms with Gasteiger partial charge in [-0.1, -0.05) is 12.1 Å². The zero-order valence-corrected chi connectivity index (χ0v) is 15.2. The molecular formula is C19H20N2O6. The molecule has 0 bridgehead atoms. The minimum Gasteiger partial charge on any atom is -0.493 e. The number of hydrogen-bond donors (Lipinski definition) is 2. The minimum atomic E-state index is -0.677. The predicted octanol–water partition coefficient (Wildman–Crippen LogP) is 2.12. The topological polar surface area (TPSA) is 117 Å². The maximum absolute atomic E-state index is 12.5. The van der Waals surface area contributed by atoms with Crippen LogP contribution in [0.25, 0.3) is 0 Å². The van der Waals surface area contributed by atoms with Crippen LogP contribution in [0, 0.1) is 0 Å². The summed E-state index contributed by atoms with van der Waals surface area (Å²) in [4.78, 5) is 35.2. The predicted molar refractivity (Wildman–Crippen MR) is 97.9 cm³/mol. The first kappa shape index (κ1) is 19.8. The van der Waals surface area contributed by atoms with Gasteiger partial charge in [0.1, 0.15) is 6.61 Å². The second kappa shape index (κ2) is 8.70. The number of carbonyl (C=O) groups is 3. The fourth-order valence-corrected chi connectivity index (χ4v) is 2.38. The monoisotopic (exact) mass is 372 g/mol. The molecule has 0 aliphatic carbocycles. The number of nitrogens with one attached hydrogen (secondary N) is 1. The Labute approximate surface area is 156 Å². The van der Waals surface area contributed by atoms with E-state index in [4.69, 9.17) is 19.9 Å². The molecule has 8 heteroatoms. The van der Waals surface area contributed by atoms with Crippen molar-refractivity contribution in [3.8, 4) is 11.5 Å². The van der Waals surface area contributed by atoms with Gasteiger partial charge in [-0.05, 0) is 17.7 Å². The number of rotatable bonds is 7. The van der Waals surface area contributed by atoms with Gasteiger partial charge in [0.25, 0.3) is 0 Å². The van der Waals surface area contributed by atoms with E-state index in [0.29, 0.717) is 22.6 Å². The number of primary amides is 1. The summed E-state index contributed by atoms with van der Waals surface area (Å²) in [6.45, 7) is 1.24. The number of carbonyl (C=O) groups excluding carboxylic acids is 3. The number of benzene rings is 2. The summed E-state index contributed by atoms with van der Waals surface area (Å²) >= 11 is 0. The zero-order chi connectivity index (χ0) is 20.0. The van der Waals surface area contributed by atoms with Gasteiger partial charge in [-0.15, -0.1) is 0 Å². The van der Waals surface area contributed by atoms with Gasteiger partial charge in [0, 0.05) is 24.6 Å². The molecule has 2 rings (SSSR count). The highest BCUT2D eigenvalue weighted by molar-refractivity contribution is 6.01. The van der Waals surface area contributed by atoms with E-state index < -0.39 is 11.9 Å². The average molecular weight is 372 g/mol. The van der Waals surface area contributed by atoms with Crippen molar-refractivity contribution >= 4 is 23.5 Å². The molecule has 0 spiro atoms. The van der Waals surface area contributed by atoms with Crippen LogP contribution in [0.3, 0.4) is 0 Å². The van der Waals surface area contributed by atoms with E-state index >= 15 is 0 Å². The lowest BCUT2D eigenvalue weighted by Crippen LogP contribution is -2.14. The Kier molecular flexibility index (Phi) is 6.37. The number of hydrogen-bond acceptors (Lipinski definition) is 6. The Morgan fingerprint density at radius 2 is 1.70 bits per heavy atom. The van der Waals surface area contributed by atoms with Crippen molar-refractivity contribution in [1.82, 2.24) is 0 Å². The Morgan fingerprint density at radius 3 is 2.30 bits per heavy atom. The molecule has 0 heterocycles. The van der Waals surface area contributed by atoms with E-state index in [1.54, 1.807) is 24.3 Å². The smallest absolute Gasteiger partial charge is 0.340 e. The molecule has 8 nitrogen and oxygen atoms in total. The summed E-state index contributed by atoms with van der Waals surface area (Å²) in [5.74, 6) is -0.938. The summed E-state index contributed by atoms with van der Waals surface area (Å²) in [6.07, 6.45) is 0. The maximum atomic E-state index is 12.5. The molecule has 27 heavy (non-hydrogen) atoms.